The van der Waals surface area contributed by atoms with Crippen molar-refractivity contribution in [1.82, 2.24) is 5.32 Å². The molecule has 2 rings (SSSR count). The number of carbonyl (C=O) groups excluding carboxylic acids is 1. The van der Waals surface area contributed by atoms with Crippen molar-refractivity contribution in [1.29, 1.82) is 0 Å². The Balaban J connectivity index is 1.89. The predicted octanol–water partition coefficient (Wildman–Crippen LogP) is 5.60. The number of hydrogen-bond acceptors (Lipinski definition) is 2. The van der Waals surface area contributed by atoms with E-state index < -0.39 is 0 Å². The van der Waals surface area contributed by atoms with Crippen LogP contribution in [0.4, 0.5) is 4.39 Å². The number of rotatable bonds is 7. The Hall–Kier alpha value is -1.52. The van der Waals surface area contributed by atoms with Crippen molar-refractivity contribution in [2.45, 2.75) is 39.0 Å². The quantitative estimate of drug-likeness (QED) is 0.678. The fourth-order valence-electron chi connectivity index (χ4n) is 2.74. The van der Waals surface area contributed by atoms with E-state index in [9.17, 15) is 9.18 Å². The van der Waals surface area contributed by atoms with Gasteiger partial charge in [0.15, 0.2) is 0 Å². The highest BCUT2D eigenvalue weighted by molar-refractivity contribution is 7.99. The number of thioether (sulfide) groups is 1. The van der Waals surface area contributed by atoms with Crippen LogP contribution in [0.1, 0.15) is 41.6 Å². The summed E-state index contributed by atoms with van der Waals surface area (Å²) in [5.41, 5.74) is 4.10. The fourth-order valence-corrected chi connectivity index (χ4v) is 3.73. The van der Waals surface area contributed by atoms with Crippen molar-refractivity contribution in [3.8, 4) is 0 Å². The van der Waals surface area contributed by atoms with Crippen LogP contribution >= 0.6 is 23.4 Å². The first-order chi connectivity index (χ1) is 11.9. The van der Waals surface area contributed by atoms with Crippen molar-refractivity contribution >= 4 is 29.3 Å². The largest absolute Gasteiger partial charge is 0.349 e. The SMILES string of the molecule is CC[C@@H](NC(=O)CSCc1ccc(Cl)cc1F)c1ccc(C)cc1C. The number of hydrogen-bond donors (Lipinski definition) is 1. The summed E-state index contributed by atoms with van der Waals surface area (Å²) in [5, 5.41) is 3.46. The van der Waals surface area contributed by atoms with Crippen molar-refractivity contribution in [2.24, 2.45) is 0 Å². The lowest BCUT2D eigenvalue weighted by Crippen LogP contribution is -2.30. The smallest absolute Gasteiger partial charge is 0.230 e. The number of halogens is 2. The Morgan fingerprint density at radius 2 is 2.00 bits per heavy atom. The highest BCUT2D eigenvalue weighted by Crippen LogP contribution is 2.23. The Bertz CT molecular complexity index is 750. The first-order valence-corrected chi connectivity index (χ1v) is 9.82. The molecule has 0 bridgehead atoms. The normalized spacial score (nSPS) is 12.0. The van der Waals surface area contributed by atoms with Gasteiger partial charge in [-0.05, 0) is 49.1 Å². The number of amides is 1. The van der Waals surface area contributed by atoms with Crippen LogP contribution in [-0.2, 0) is 10.5 Å². The molecule has 0 aliphatic carbocycles. The molecule has 25 heavy (non-hydrogen) atoms. The lowest BCUT2D eigenvalue weighted by Gasteiger charge is -2.20. The summed E-state index contributed by atoms with van der Waals surface area (Å²) < 4.78 is 13.7. The van der Waals surface area contributed by atoms with Crippen molar-refractivity contribution in [2.75, 3.05) is 5.75 Å². The zero-order valence-corrected chi connectivity index (χ0v) is 16.3. The van der Waals surface area contributed by atoms with Crippen molar-refractivity contribution in [3.05, 3.63) is 69.5 Å². The highest BCUT2D eigenvalue weighted by Gasteiger charge is 2.15. The minimum absolute atomic E-state index is 0.000896. The van der Waals surface area contributed by atoms with Crippen LogP contribution in [0.5, 0.6) is 0 Å². The van der Waals surface area contributed by atoms with E-state index in [0.717, 1.165) is 12.0 Å². The predicted molar refractivity (Wildman–Crippen MR) is 105 cm³/mol. The maximum Gasteiger partial charge on any atom is 0.230 e. The number of aryl methyl sites for hydroxylation is 2. The van der Waals surface area contributed by atoms with E-state index >= 15 is 0 Å². The van der Waals surface area contributed by atoms with Crippen LogP contribution in [0, 0.1) is 19.7 Å². The van der Waals surface area contributed by atoms with Gasteiger partial charge in [-0.3, -0.25) is 4.79 Å². The average molecular weight is 380 g/mol. The highest BCUT2D eigenvalue weighted by atomic mass is 35.5. The van der Waals surface area contributed by atoms with E-state index in [1.807, 2.05) is 0 Å². The molecule has 0 radical (unpaired) electrons. The second-order valence-corrected chi connectivity index (χ2v) is 7.54. The first-order valence-electron chi connectivity index (χ1n) is 8.29. The monoisotopic (exact) mass is 379 g/mol. The van der Waals surface area contributed by atoms with Crippen LogP contribution in [0.3, 0.4) is 0 Å². The van der Waals surface area contributed by atoms with Gasteiger partial charge in [0.05, 0.1) is 11.8 Å². The zero-order valence-electron chi connectivity index (χ0n) is 14.7. The summed E-state index contributed by atoms with van der Waals surface area (Å²) >= 11 is 7.14. The summed E-state index contributed by atoms with van der Waals surface area (Å²) in [6.45, 7) is 6.18. The molecule has 0 spiro atoms. The lowest BCUT2D eigenvalue weighted by molar-refractivity contribution is -0.119. The molecule has 0 aromatic heterocycles. The molecule has 0 aliphatic heterocycles. The molecule has 2 aromatic carbocycles. The molecule has 1 atom stereocenters. The van der Waals surface area contributed by atoms with E-state index in [2.05, 4.69) is 44.3 Å². The molecular weight excluding hydrogens is 357 g/mol. The molecule has 1 N–H and O–H groups in total. The van der Waals surface area contributed by atoms with Gasteiger partial charge in [0, 0.05) is 10.8 Å². The van der Waals surface area contributed by atoms with Gasteiger partial charge in [-0.15, -0.1) is 11.8 Å². The van der Waals surface area contributed by atoms with Crippen molar-refractivity contribution in [3.63, 3.8) is 0 Å². The molecule has 0 heterocycles. The molecule has 134 valence electrons. The topological polar surface area (TPSA) is 29.1 Å². The summed E-state index contributed by atoms with van der Waals surface area (Å²) in [6.07, 6.45) is 0.826. The zero-order chi connectivity index (χ0) is 18.4. The van der Waals surface area contributed by atoms with E-state index in [0.29, 0.717) is 22.1 Å². The molecule has 5 heteroatoms. The maximum absolute atomic E-state index is 13.7. The van der Waals surface area contributed by atoms with Crippen LogP contribution < -0.4 is 5.32 Å². The second kappa shape index (κ2) is 9.25. The fraction of sp³-hybridized carbons (Fsp3) is 0.350. The van der Waals surface area contributed by atoms with Gasteiger partial charge in [-0.2, -0.15) is 0 Å². The van der Waals surface area contributed by atoms with Gasteiger partial charge in [-0.1, -0.05) is 48.4 Å². The van der Waals surface area contributed by atoms with Gasteiger partial charge in [0.25, 0.3) is 0 Å². The van der Waals surface area contributed by atoms with Gasteiger partial charge < -0.3 is 5.32 Å². The first kappa shape index (κ1) is 19.8. The third-order valence-corrected chi connectivity index (χ3v) is 5.27. The Morgan fingerprint density at radius 1 is 1.24 bits per heavy atom. The van der Waals surface area contributed by atoms with E-state index in [4.69, 9.17) is 11.6 Å². The molecule has 2 aromatic rings. The lowest BCUT2D eigenvalue weighted by atomic mass is 9.97. The van der Waals surface area contributed by atoms with Crippen LogP contribution in [0.2, 0.25) is 5.02 Å². The maximum atomic E-state index is 13.7. The molecule has 0 fully saturated rings. The van der Waals surface area contributed by atoms with E-state index in [1.165, 1.54) is 29.0 Å². The third-order valence-electron chi connectivity index (χ3n) is 4.05. The third kappa shape index (κ3) is 5.75. The molecular formula is C20H23ClFNOS. The van der Waals surface area contributed by atoms with Crippen LogP contribution in [-0.4, -0.2) is 11.7 Å². The van der Waals surface area contributed by atoms with Gasteiger partial charge in [-0.25, -0.2) is 4.39 Å². The van der Waals surface area contributed by atoms with Gasteiger partial charge >= 0.3 is 0 Å². The summed E-state index contributed by atoms with van der Waals surface area (Å²) in [7, 11) is 0. The Kier molecular flexibility index (Phi) is 7.33. The molecule has 1 amide bonds. The standard InChI is InChI=1S/C20H23ClFNOS/c1-4-19(17-8-5-13(2)9-14(17)3)23-20(24)12-25-11-15-6-7-16(21)10-18(15)22/h5-10,19H,4,11-12H2,1-3H3,(H,23,24)/t19-/m1/s1. The minimum Gasteiger partial charge on any atom is -0.349 e. The summed E-state index contributed by atoms with van der Waals surface area (Å²) in [5.74, 6) is 0.369. The average Bonchev–Trinajstić information content (AvgIpc) is 2.55. The second-order valence-electron chi connectivity index (χ2n) is 6.12. The molecule has 0 saturated heterocycles. The van der Waals surface area contributed by atoms with Gasteiger partial charge in [0.1, 0.15) is 5.82 Å². The molecule has 0 unspecified atom stereocenters. The van der Waals surface area contributed by atoms with Crippen LogP contribution in [0.25, 0.3) is 0 Å². The Labute approximate surface area is 158 Å². The van der Waals surface area contributed by atoms with E-state index in [1.54, 1.807) is 12.1 Å². The summed E-state index contributed by atoms with van der Waals surface area (Å²) in [4.78, 5) is 12.2. The molecule has 0 saturated carbocycles. The van der Waals surface area contributed by atoms with E-state index in [-0.39, 0.29) is 17.8 Å². The number of nitrogens with one attached hydrogen (secondary N) is 1. The molecule has 2 nitrogen and oxygen atoms in total. The summed E-state index contributed by atoms with van der Waals surface area (Å²) in [6, 6.07) is 10.9. The van der Waals surface area contributed by atoms with Gasteiger partial charge in [0.2, 0.25) is 5.91 Å². The van der Waals surface area contributed by atoms with Crippen molar-refractivity contribution < 1.29 is 9.18 Å². The number of benzene rings is 2. The van der Waals surface area contributed by atoms with Crippen LogP contribution in [0.15, 0.2) is 36.4 Å². The number of carbonyl (C=O) groups is 1. The minimum atomic E-state index is -0.331. The molecule has 0 aliphatic rings. The Morgan fingerprint density at radius 3 is 2.64 bits per heavy atom.